The molecular weight excluding hydrogens is 351 g/mol. The Hall–Kier alpha value is -0.860. The topological polar surface area (TPSA) is 84.5 Å². The average molecular weight is 369 g/mol. The predicted octanol–water partition coefficient (Wildman–Crippen LogP) is 1.57. The predicted molar refractivity (Wildman–Crippen MR) is 86.6 cm³/mol. The summed E-state index contributed by atoms with van der Waals surface area (Å²) in [6.45, 7) is 0.642. The van der Waals surface area contributed by atoms with E-state index >= 15 is 0 Å². The van der Waals surface area contributed by atoms with Crippen molar-refractivity contribution >= 4 is 39.1 Å². The van der Waals surface area contributed by atoms with E-state index in [1.165, 1.54) is 18.2 Å². The number of ether oxygens (including phenoxy) is 1. The molecule has 0 aliphatic rings. The maximum atomic E-state index is 11.9. The summed E-state index contributed by atoms with van der Waals surface area (Å²) in [6, 6.07) is 4.54. The van der Waals surface area contributed by atoms with Gasteiger partial charge in [-0.25, -0.2) is 13.1 Å². The average Bonchev–Trinajstić information content (AvgIpc) is 2.40. The molecule has 6 nitrogen and oxygen atoms in total. The van der Waals surface area contributed by atoms with Crippen molar-refractivity contribution in [1.29, 1.82) is 0 Å². The van der Waals surface area contributed by atoms with E-state index in [2.05, 4.69) is 10.0 Å². The molecule has 0 heterocycles. The Kier molecular flexibility index (Phi) is 8.13. The van der Waals surface area contributed by atoms with Crippen LogP contribution in [0.2, 0.25) is 10.0 Å². The molecule has 0 saturated heterocycles. The quantitative estimate of drug-likeness (QED) is 0.647. The highest BCUT2D eigenvalue weighted by atomic mass is 35.5. The van der Waals surface area contributed by atoms with E-state index in [1.807, 2.05) is 0 Å². The molecule has 0 fully saturated rings. The summed E-state index contributed by atoms with van der Waals surface area (Å²) in [7, 11) is -2.08. The van der Waals surface area contributed by atoms with Crippen LogP contribution in [0, 0.1) is 0 Å². The fourth-order valence-corrected chi connectivity index (χ4v) is 3.28. The van der Waals surface area contributed by atoms with Gasteiger partial charge in [-0.2, -0.15) is 0 Å². The second-order valence-electron chi connectivity index (χ2n) is 4.55. The van der Waals surface area contributed by atoms with Gasteiger partial charge in [0.05, 0.1) is 12.3 Å². The van der Waals surface area contributed by atoms with Gasteiger partial charge in [-0.3, -0.25) is 4.79 Å². The third kappa shape index (κ3) is 7.95. The van der Waals surface area contributed by atoms with Crippen molar-refractivity contribution in [2.24, 2.45) is 0 Å². The highest BCUT2D eigenvalue weighted by molar-refractivity contribution is 7.88. The molecule has 0 bridgehead atoms. The number of rotatable bonds is 9. The molecule has 0 aromatic heterocycles. The molecule has 2 N–H and O–H groups in total. The maximum absolute atomic E-state index is 11.9. The van der Waals surface area contributed by atoms with Crippen LogP contribution < -0.4 is 10.0 Å². The molecule has 1 amide bonds. The number of amides is 1. The van der Waals surface area contributed by atoms with Crippen LogP contribution in [0.15, 0.2) is 18.2 Å². The number of methoxy groups -OCH3 is 1. The van der Waals surface area contributed by atoms with Crippen LogP contribution in [0.1, 0.15) is 12.0 Å². The first-order chi connectivity index (χ1) is 10.3. The molecule has 1 aromatic carbocycles. The smallest absolute Gasteiger partial charge is 0.235 e. The van der Waals surface area contributed by atoms with E-state index in [4.69, 9.17) is 27.9 Å². The number of halogens is 2. The first-order valence-corrected chi connectivity index (χ1v) is 8.91. The van der Waals surface area contributed by atoms with Crippen LogP contribution in [0.3, 0.4) is 0 Å². The highest BCUT2D eigenvalue weighted by Gasteiger charge is 2.14. The normalized spacial score (nSPS) is 11.4. The van der Waals surface area contributed by atoms with Crippen molar-refractivity contribution in [3.05, 3.63) is 33.8 Å². The Balaban J connectivity index is 2.45. The standard InChI is InChI=1S/C13H18Cl2N2O4S/c1-21-4-2-3-16-13(18)8-17-22(19,20)9-10-5-11(14)7-12(15)6-10/h5-7,17H,2-4,8-9H2,1H3,(H,16,18). The van der Waals surface area contributed by atoms with E-state index in [0.717, 1.165) is 0 Å². The van der Waals surface area contributed by atoms with Crippen molar-refractivity contribution in [1.82, 2.24) is 10.0 Å². The Morgan fingerprint density at radius 2 is 1.86 bits per heavy atom. The number of sulfonamides is 1. The van der Waals surface area contributed by atoms with Crippen LogP contribution in [0.5, 0.6) is 0 Å². The lowest BCUT2D eigenvalue weighted by molar-refractivity contribution is -0.120. The van der Waals surface area contributed by atoms with Crippen molar-refractivity contribution in [3.8, 4) is 0 Å². The molecule has 0 atom stereocenters. The summed E-state index contributed by atoms with van der Waals surface area (Å²) >= 11 is 11.6. The SMILES string of the molecule is COCCCNC(=O)CNS(=O)(=O)Cc1cc(Cl)cc(Cl)c1. The number of carbonyl (C=O) groups is 1. The lowest BCUT2D eigenvalue weighted by atomic mass is 10.2. The van der Waals surface area contributed by atoms with Crippen LogP contribution >= 0.6 is 23.2 Å². The molecule has 0 aliphatic heterocycles. The van der Waals surface area contributed by atoms with Gasteiger partial charge in [-0.05, 0) is 30.2 Å². The van der Waals surface area contributed by atoms with Crippen LogP contribution in [-0.4, -0.2) is 41.1 Å². The number of hydrogen-bond acceptors (Lipinski definition) is 4. The molecule has 1 rings (SSSR count). The van der Waals surface area contributed by atoms with Crippen LogP contribution in [0.4, 0.5) is 0 Å². The molecule has 9 heteroatoms. The van der Waals surface area contributed by atoms with Crippen molar-refractivity contribution in [2.75, 3.05) is 26.8 Å². The third-order valence-corrected chi connectivity index (χ3v) is 4.31. The lowest BCUT2D eigenvalue weighted by Gasteiger charge is -2.08. The van der Waals surface area contributed by atoms with Gasteiger partial charge in [-0.15, -0.1) is 0 Å². The molecule has 22 heavy (non-hydrogen) atoms. The zero-order valence-corrected chi connectivity index (χ0v) is 14.4. The molecule has 124 valence electrons. The van der Waals surface area contributed by atoms with Crippen molar-refractivity contribution in [3.63, 3.8) is 0 Å². The summed E-state index contributed by atoms with van der Waals surface area (Å²) < 4.78 is 30.9. The van der Waals surface area contributed by atoms with Gasteiger partial charge in [0.1, 0.15) is 0 Å². The zero-order chi connectivity index (χ0) is 16.6. The van der Waals surface area contributed by atoms with E-state index in [1.54, 1.807) is 7.11 Å². The summed E-state index contributed by atoms with van der Waals surface area (Å²) in [5.41, 5.74) is 0.450. The van der Waals surface area contributed by atoms with Crippen LogP contribution in [-0.2, 0) is 25.3 Å². The Morgan fingerprint density at radius 1 is 1.23 bits per heavy atom. The number of carbonyl (C=O) groups excluding carboxylic acids is 1. The summed E-state index contributed by atoms with van der Waals surface area (Å²) in [5, 5.41) is 3.29. The molecule has 0 aliphatic carbocycles. The number of benzene rings is 1. The van der Waals surface area contributed by atoms with E-state index < -0.39 is 15.9 Å². The van der Waals surface area contributed by atoms with Gasteiger partial charge in [0.2, 0.25) is 15.9 Å². The summed E-state index contributed by atoms with van der Waals surface area (Å²) in [4.78, 5) is 11.5. The number of nitrogens with one attached hydrogen (secondary N) is 2. The molecule has 0 unspecified atom stereocenters. The monoisotopic (exact) mass is 368 g/mol. The lowest BCUT2D eigenvalue weighted by Crippen LogP contribution is -2.37. The minimum absolute atomic E-state index is 0.301. The highest BCUT2D eigenvalue weighted by Crippen LogP contribution is 2.20. The summed E-state index contributed by atoms with van der Waals surface area (Å²) in [6.07, 6.45) is 0.663. The Morgan fingerprint density at radius 3 is 2.45 bits per heavy atom. The fraction of sp³-hybridized carbons (Fsp3) is 0.462. The second-order valence-corrected chi connectivity index (χ2v) is 7.23. The van der Waals surface area contributed by atoms with Gasteiger partial charge in [0.25, 0.3) is 0 Å². The van der Waals surface area contributed by atoms with E-state index in [0.29, 0.717) is 35.2 Å². The fourth-order valence-electron chi connectivity index (χ4n) is 1.65. The third-order valence-electron chi connectivity index (χ3n) is 2.58. The molecule has 1 aromatic rings. The first-order valence-electron chi connectivity index (χ1n) is 6.50. The van der Waals surface area contributed by atoms with Gasteiger partial charge in [0, 0.05) is 30.3 Å². The zero-order valence-electron chi connectivity index (χ0n) is 12.1. The first kappa shape index (κ1) is 19.2. The Bertz CT molecular complexity index is 588. The second kappa shape index (κ2) is 9.32. The molecular formula is C13H18Cl2N2O4S. The number of hydrogen-bond donors (Lipinski definition) is 2. The maximum Gasteiger partial charge on any atom is 0.235 e. The van der Waals surface area contributed by atoms with E-state index in [-0.39, 0.29) is 12.3 Å². The summed E-state index contributed by atoms with van der Waals surface area (Å²) in [5.74, 6) is -0.701. The van der Waals surface area contributed by atoms with Crippen molar-refractivity contribution < 1.29 is 17.9 Å². The Labute approximate surface area is 140 Å². The van der Waals surface area contributed by atoms with Gasteiger partial charge in [0.15, 0.2) is 0 Å². The van der Waals surface area contributed by atoms with Crippen molar-refractivity contribution in [2.45, 2.75) is 12.2 Å². The van der Waals surface area contributed by atoms with Gasteiger partial charge in [-0.1, -0.05) is 23.2 Å². The molecule has 0 spiro atoms. The van der Waals surface area contributed by atoms with Gasteiger partial charge < -0.3 is 10.1 Å². The van der Waals surface area contributed by atoms with Crippen LogP contribution in [0.25, 0.3) is 0 Å². The molecule has 0 radical (unpaired) electrons. The minimum Gasteiger partial charge on any atom is -0.385 e. The minimum atomic E-state index is -3.65. The largest absolute Gasteiger partial charge is 0.385 e. The molecule has 0 saturated carbocycles. The van der Waals surface area contributed by atoms with Gasteiger partial charge >= 0.3 is 0 Å². The van der Waals surface area contributed by atoms with E-state index in [9.17, 15) is 13.2 Å².